The van der Waals surface area contributed by atoms with Crippen LogP contribution in [0.2, 0.25) is 0 Å². The second kappa shape index (κ2) is 7.32. The Morgan fingerprint density at radius 1 is 1.33 bits per heavy atom. The summed E-state index contributed by atoms with van der Waals surface area (Å²) in [5.41, 5.74) is 16.0. The average molecular weight is 371 g/mol. The van der Waals surface area contributed by atoms with E-state index in [4.69, 9.17) is 16.2 Å². The molecule has 144 valence electrons. The quantitative estimate of drug-likeness (QED) is 0.847. The van der Waals surface area contributed by atoms with Gasteiger partial charge in [0.05, 0.1) is 29.3 Å². The highest BCUT2D eigenvalue weighted by Gasteiger charge is 2.32. The van der Waals surface area contributed by atoms with Gasteiger partial charge in [-0.05, 0) is 36.6 Å². The van der Waals surface area contributed by atoms with Gasteiger partial charge in [0.2, 0.25) is 0 Å². The Morgan fingerprint density at radius 2 is 2.19 bits per heavy atom. The Kier molecular flexibility index (Phi) is 4.88. The van der Waals surface area contributed by atoms with Crippen molar-refractivity contribution in [1.29, 1.82) is 0 Å². The molecule has 0 spiro atoms. The van der Waals surface area contributed by atoms with Crippen LogP contribution in [0.15, 0.2) is 53.8 Å². The molecule has 0 bridgehead atoms. The third-order valence-electron chi connectivity index (χ3n) is 5.20. The second-order valence-electron chi connectivity index (χ2n) is 7.25. The largest absolute Gasteiger partial charge is 0.470 e. The predicted molar refractivity (Wildman–Crippen MR) is 105 cm³/mol. The molecule has 3 atom stereocenters. The van der Waals surface area contributed by atoms with Gasteiger partial charge in [-0.15, -0.1) is 0 Å². The van der Waals surface area contributed by atoms with Gasteiger partial charge in [0, 0.05) is 25.5 Å². The molecule has 7 heteroatoms. The number of hydrogen-bond acceptors (Lipinski definition) is 6. The van der Waals surface area contributed by atoms with Crippen molar-refractivity contribution in [2.45, 2.75) is 44.6 Å². The number of piperidine rings is 1. The molecule has 1 saturated heterocycles. The molecule has 0 aromatic carbocycles. The molecule has 3 aliphatic rings. The minimum Gasteiger partial charge on any atom is -0.470 e. The van der Waals surface area contributed by atoms with E-state index in [0.29, 0.717) is 19.5 Å². The number of fused-ring (bicyclic) bond motifs is 1. The Hall–Kier alpha value is -2.38. The Bertz CT molecular complexity index is 805. The third-order valence-corrected chi connectivity index (χ3v) is 5.20. The van der Waals surface area contributed by atoms with E-state index in [-0.39, 0.29) is 0 Å². The van der Waals surface area contributed by atoms with Gasteiger partial charge in [-0.3, -0.25) is 10.7 Å². The molecule has 4 N–H and O–H groups in total. The second-order valence-corrected chi connectivity index (χ2v) is 7.25. The summed E-state index contributed by atoms with van der Waals surface area (Å²) in [5.74, 6) is 0.780. The zero-order chi connectivity index (χ0) is 19.0. The van der Waals surface area contributed by atoms with E-state index in [1.165, 1.54) is 5.57 Å². The van der Waals surface area contributed by atoms with Gasteiger partial charge in [-0.1, -0.05) is 13.3 Å². The number of halogens is 1. The van der Waals surface area contributed by atoms with E-state index in [1.807, 2.05) is 18.3 Å². The monoisotopic (exact) mass is 371 g/mol. The number of nitrogens with two attached hydrogens (primary N) is 2. The highest BCUT2D eigenvalue weighted by Crippen LogP contribution is 2.40. The van der Waals surface area contributed by atoms with Crippen LogP contribution in [0.3, 0.4) is 0 Å². The van der Waals surface area contributed by atoms with Crippen molar-refractivity contribution in [1.82, 2.24) is 4.98 Å². The van der Waals surface area contributed by atoms with Gasteiger partial charge >= 0.3 is 0 Å². The fourth-order valence-corrected chi connectivity index (χ4v) is 3.86. The summed E-state index contributed by atoms with van der Waals surface area (Å²) in [4.78, 5) is 8.56. The van der Waals surface area contributed by atoms with E-state index in [9.17, 15) is 4.39 Å². The number of ether oxygens (including phenoxy) is 1. The third kappa shape index (κ3) is 3.44. The van der Waals surface area contributed by atoms with Crippen molar-refractivity contribution in [3.8, 4) is 0 Å². The fraction of sp³-hybridized carbons (Fsp3) is 0.450. The first-order valence-electron chi connectivity index (χ1n) is 9.51. The number of nitrogens with zero attached hydrogens (tertiary/aromatic N) is 3. The lowest BCUT2D eigenvalue weighted by Gasteiger charge is -2.37. The van der Waals surface area contributed by atoms with Gasteiger partial charge in [0.1, 0.15) is 11.9 Å². The molecule has 0 amide bonds. The Balaban J connectivity index is 1.72. The average Bonchev–Trinajstić information content (AvgIpc) is 3.04. The summed E-state index contributed by atoms with van der Waals surface area (Å²) in [6.07, 6.45) is 10.7. The first-order valence-corrected chi connectivity index (χ1v) is 9.51. The van der Waals surface area contributed by atoms with E-state index in [2.05, 4.69) is 34.0 Å². The van der Waals surface area contributed by atoms with Gasteiger partial charge in [-0.2, -0.15) is 0 Å². The standard InChI is InChI=1S/C20H26FN5O/c1-2-3-13-8-19-17(9-20(23)27-19)26(11-13)18-10-24-6-4-16(18)25-7-5-14(21)15(22)12-25/h4,6,8-11,14-15,20H,2-3,5,7,12,22-23H2,1H3. The van der Waals surface area contributed by atoms with Crippen molar-refractivity contribution in [2.24, 2.45) is 11.5 Å². The van der Waals surface area contributed by atoms with Gasteiger partial charge in [0.15, 0.2) is 6.23 Å². The Morgan fingerprint density at radius 3 is 2.96 bits per heavy atom. The lowest BCUT2D eigenvalue weighted by Crippen LogP contribution is -2.50. The maximum absolute atomic E-state index is 13.8. The van der Waals surface area contributed by atoms with Crippen molar-refractivity contribution in [3.05, 3.63) is 53.8 Å². The molecule has 0 radical (unpaired) electrons. The topological polar surface area (TPSA) is 80.6 Å². The maximum Gasteiger partial charge on any atom is 0.169 e. The lowest BCUT2D eigenvalue weighted by molar-refractivity contribution is 0.185. The molecule has 0 aliphatic carbocycles. The summed E-state index contributed by atoms with van der Waals surface area (Å²) in [7, 11) is 0. The Labute approximate surface area is 159 Å². The molecule has 1 aromatic heterocycles. The van der Waals surface area contributed by atoms with E-state index in [1.54, 1.807) is 6.20 Å². The molecule has 3 aliphatic heterocycles. The minimum atomic E-state index is -0.948. The summed E-state index contributed by atoms with van der Waals surface area (Å²) < 4.78 is 19.6. The van der Waals surface area contributed by atoms with Crippen molar-refractivity contribution >= 4 is 11.4 Å². The van der Waals surface area contributed by atoms with Crippen molar-refractivity contribution in [2.75, 3.05) is 22.9 Å². The van der Waals surface area contributed by atoms with E-state index >= 15 is 0 Å². The molecular weight excluding hydrogens is 345 g/mol. The SMILES string of the molecule is CCCC1=CN(c2cnccc2N2CCC(F)C(N)C2)C2=CC(N)OC2=C1. The van der Waals surface area contributed by atoms with Gasteiger partial charge < -0.3 is 20.3 Å². The number of anilines is 2. The summed E-state index contributed by atoms with van der Waals surface area (Å²) >= 11 is 0. The number of alkyl halides is 1. The molecule has 0 saturated carbocycles. The smallest absolute Gasteiger partial charge is 0.169 e. The predicted octanol–water partition coefficient (Wildman–Crippen LogP) is 2.54. The maximum atomic E-state index is 13.8. The number of allylic oxidation sites excluding steroid dienone is 2. The molecule has 1 aromatic rings. The highest BCUT2D eigenvalue weighted by molar-refractivity contribution is 5.76. The molecule has 3 unspecified atom stereocenters. The zero-order valence-corrected chi connectivity index (χ0v) is 15.5. The van der Waals surface area contributed by atoms with Crippen LogP contribution in [0, 0.1) is 0 Å². The zero-order valence-electron chi connectivity index (χ0n) is 15.5. The fourth-order valence-electron chi connectivity index (χ4n) is 3.86. The van der Waals surface area contributed by atoms with Crippen molar-refractivity contribution in [3.63, 3.8) is 0 Å². The number of rotatable bonds is 4. The van der Waals surface area contributed by atoms with Crippen LogP contribution in [0.4, 0.5) is 15.8 Å². The van der Waals surface area contributed by atoms with Crippen LogP contribution in [0.5, 0.6) is 0 Å². The first kappa shape index (κ1) is 18.0. The van der Waals surface area contributed by atoms with Crippen molar-refractivity contribution < 1.29 is 9.13 Å². The molecule has 1 fully saturated rings. The van der Waals surface area contributed by atoms with Crippen LogP contribution < -0.4 is 21.3 Å². The summed E-state index contributed by atoms with van der Waals surface area (Å²) in [5, 5.41) is 0. The first-order chi connectivity index (χ1) is 13.1. The van der Waals surface area contributed by atoms with Crippen LogP contribution in [-0.2, 0) is 4.74 Å². The number of hydrogen-bond donors (Lipinski definition) is 2. The van der Waals surface area contributed by atoms with Crippen LogP contribution in [-0.4, -0.2) is 36.5 Å². The lowest BCUT2D eigenvalue weighted by atomic mass is 10.0. The summed E-state index contributed by atoms with van der Waals surface area (Å²) in [6.45, 7) is 3.26. The molecule has 6 nitrogen and oxygen atoms in total. The molecule has 4 heterocycles. The highest BCUT2D eigenvalue weighted by atomic mass is 19.1. The van der Waals surface area contributed by atoms with Crippen LogP contribution in [0.25, 0.3) is 0 Å². The molecular formula is C20H26FN5O. The number of pyridine rings is 1. The van der Waals surface area contributed by atoms with Crippen LogP contribution in [0.1, 0.15) is 26.2 Å². The normalized spacial score (nSPS) is 27.6. The van der Waals surface area contributed by atoms with Crippen LogP contribution >= 0.6 is 0 Å². The summed E-state index contributed by atoms with van der Waals surface area (Å²) in [6, 6.07) is 1.48. The van der Waals surface area contributed by atoms with E-state index in [0.717, 1.165) is 35.7 Å². The van der Waals surface area contributed by atoms with Gasteiger partial charge in [-0.25, -0.2) is 4.39 Å². The molecule has 27 heavy (non-hydrogen) atoms. The number of aromatic nitrogens is 1. The molecule has 4 rings (SSSR count). The van der Waals surface area contributed by atoms with E-state index < -0.39 is 18.4 Å². The minimum absolute atomic E-state index is 0.432. The van der Waals surface area contributed by atoms with Gasteiger partial charge in [0.25, 0.3) is 0 Å².